The lowest BCUT2D eigenvalue weighted by molar-refractivity contribution is -0.123. The van der Waals surface area contributed by atoms with Crippen molar-refractivity contribution in [1.29, 1.82) is 0 Å². The number of hydrogen-bond donors (Lipinski definition) is 1. The lowest BCUT2D eigenvalue weighted by Gasteiger charge is -2.10. The molecular formula is C20H16Br2N2O3. The minimum atomic E-state index is -0.357. The number of rotatable bonds is 6. The number of nitrogens with one attached hydrogen (secondary N) is 1. The summed E-state index contributed by atoms with van der Waals surface area (Å²) in [6.45, 7) is -0.149. The number of ether oxygens (including phenoxy) is 2. The number of hydrogen-bond acceptors (Lipinski definition) is 4. The van der Waals surface area contributed by atoms with Gasteiger partial charge in [0.05, 0.1) is 17.8 Å². The summed E-state index contributed by atoms with van der Waals surface area (Å²) in [5.74, 6) is 0.913. The number of hydrazone groups is 1. The summed E-state index contributed by atoms with van der Waals surface area (Å²) in [4.78, 5) is 12.0. The van der Waals surface area contributed by atoms with Crippen molar-refractivity contribution in [2.24, 2.45) is 5.10 Å². The molecule has 0 unspecified atom stereocenters. The Morgan fingerprint density at radius 1 is 1.11 bits per heavy atom. The van der Waals surface area contributed by atoms with Crippen molar-refractivity contribution in [3.63, 3.8) is 0 Å². The Kier molecular flexibility index (Phi) is 6.47. The summed E-state index contributed by atoms with van der Waals surface area (Å²) < 4.78 is 12.6. The van der Waals surface area contributed by atoms with E-state index in [1.807, 2.05) is 54.6 Å². The van der Waals surface area contributed by atoms with E-state index in [0.717, 1.165) is 25.3 Å². The van der Waals surface area contributed by atoms with Crippen LogP contribution in [0.25, 0.3) is 10.8 Å². The maximum atomic E-state index is 12.0. The first kappa shape index (κ1) is 19.4. The van der Waals surface area contributed by atoms with Crippen molar-refractivity contribution in [2.45, 2.75) is 0 Å². The van der Waals surface area contributed by atoms with Crippen molar-refractivity contribution in [2.75, 3.05) is 13.7 Å². The van der Waals surface area contributed by atoms with E-state index in [0.29, 0.717) is 11.5 Å². The lowest BCUT2D eigenvalue weighted by atomic mass is 10.1. The number of halogens is 2. The van der Waals surface area contributed by atoms with E-state index >= 15 is 0 Å². The van der Waals surface area contributed by atoms with E-state index in [9.17, 15) is 4.79 Å². The molecule has 3 aromatic carbocycles. The second-order valence-electron chi connectivity index (χ2n) is 5.57. The Bertz CT molecular complexity index is 1010. The van der Waals surface area contributed by atoms with Gasteiger partial charge in [-0.2, -0.15) is 5.10 Å². The summed E-state index contributed by atoms with van der Waals surface area (Å²) in [5.41, 5.74) is 3.21. The molecule has 0 aliphatic heterocycles. The van der Waals surface area contributed by atoms with Crippen LogP contribution in [0.2, 0.25) is 0 Å². The zero-order valence-electron chi connectivity index (χ0n) is 14.4. The van der Waals surface area contributed by atoms with Gasteiger partial charge in [0.25, 0.3) is 5.91 Å². The summed E-state index contributed by atoms with van der Waals surface area (Å²) in [7, 11) is 1.58. The largest absolute Gasteiger partial charge is 0.496 e. The summed E-state index contributed by atoms with van der Waals surface area (Å²) >= 11 is 6.99. The third-order valence-corrected chi connectivity index (χ3v) is 5.08. The molecule has 0 saturated carbocycles. The molecule has 0 aromatic heterocycles. The van der Waals surface area contributed by atoms with Crippen LogP contribution in [0.4, 0.5) is 0 Å². The molecule has 3 rings (SSSR count). The van der Waals surface area contributed by atoms with Gasteiger partial charge in [-0.3, -0.25) is 4.79 Å². The van der Waals surface area contributed by atoms with Crippen LogP contribution >= 0.6 is 31.9 Å². The molecule has 1 N–H and O–H groups in total. The molecule has 1 amide bonds. The number of nitrogens with zero attached hydrogens (tertiary/aromatic N) is 1. The molecule has 0 aliphatic carbocycles. The highest BCUT2D eigenvalue weighted by Gasteiger charge is 2.09. The van der Waals surface area contributed by atoms with Gasteiger partial charge in [-0.25, -0.2) is 5.43 Å². The van der Waals surface area contributed by atoms with Crippen LogP contribution < -0.4 is 14.9 Å². The van der Waals surface area contributed by atoms with Crippen LogP contribution in [0.5, 0.6) is 11.5 Å². The van der Waals surface area contributed by atoms with E-state index in [4.69, 9.17) is 9.47 Å². The molecule has 0 heterocycles. The molecular weight excluding hydrogens is 476 g/mol. The highest BCUT2D eigenvalue weighted by Crippen LogP contribution is 2.34. The number of para-hydroxylation sites is 1. The molecule has 0 radical (unpaired) electrons. The molecule has 0 fully saturated rings. The van der Waals surface area contributed by atoms with E-state index in [2.05, 4.69) is 42.4 Å². The van der Waals surface area contributed by atoms with Gasteiger partial charge in [-0.15, -0.1) is 0 Å². The number of carbonyl (C=O) groups is 1. The zero-order chi connectivity index (χ0) is 19.2. The Balaban J connectivity index is 1.61. The van der Waals surface area contributed by atoms with E-state index in [1.54, 1.807) is 7.11 Å². The molecule has 3 aromatic rings. The first-order chi connectivity index (χ1) is 13.1. The SMILES string of the molecule is COc1ccccc1/C=N/NC(=O)COc1ccc2cc(Br)ccc2c1Br. The van der Waals surface area contributed by atoms with Crippen LogP contribution in [-0.2, 0) is 4.79 Å². The van der Waals surface area contributed by atoms with Crippen LogP contribution in [0.3, 0.4) is 0 Å². The van der Waals surface area contributed by atoms with Gasteiger partial charge in [0.2, 0.25) is 0 Å². The van der Waals surface area contributed by atoms with Gasteiger partial charge in [0, 0.05) is 10.0 Å². The third kappa shape index (κ3) is 4.87. The molecule has 27 heavy (non-hydrogen) atoms. The minimum Gasteiger partial charge on any atom is -0.496 e. The average Bonchev–Trinajstić information content (AvgIpc) is 2.67. The Morgan fingerprint density at radius 3 is 2.74 bits per heavy atom. The van der Waals surface area contributed by atoms with Crippen molar-refractivity contribution >= 4 is 54.8 Å². The fourth-order valence-corrected chi connectivity index (χ4v) is 3.46. The first-order valence-electron chi connectivity index (χ1n) is 8.04. The second-order valence-corrected chi connectivity index (χ2v) is 7.28. The second kappa shape index (κ2) is 9.01. The average molecular weight is 492 g/mol. The van der Waals surface area contributed by atoms with Gasteiger partial charge in [-0.1, -0.05) is 40.2 Å². The maximum Gasteiger partial charge on any atom is 0.277 e. The number of carbonyl (C=O) groups excluding carboxylic acids is 1. The topological polar surface area (TPSA) is 59.9 Å². The summed E-state index contributed by atoms with van der Waals surface area (Å²) in [6.07, 6.45) is 1.53. The quantitative estimate of drug-likeness (QED) is 0.394. The predicted molar refractivity (Wildman–Crippen MR) is 114 cm³/mol. The Labute approximate surface area is 173 Å². The predicted octanol–water partition coefficient (Wildman–Crippen LogP) is 4.90. The summed E-state index contributed by atoms with van der Waals surface area (Å²) in [5, 5.41) is 6.01. The van der Waals surface area contributed by atoms with Crippen LogP contribution in [0.15, 0.2) is 68.6 Å². The number of benzene rings is 3. The zero-order valence-corrected chi connectivity index (χ0v) is 17.6. The van der Waals surface area contributed by atoms with E-state index in [1.165, 1.54) is 6.21 Å². The molecule has 0 spiro atoms. The van der Waals surface area contributed by atoms with E-state index in [-0.39, 0.29) is 12.5 Å². The Hall–Kier alpha value is -2.38. The van der Waals surface area contributed by atoms with Crippen LogP contribution in [-0.4, -0.2) is 25.8 Å². The van der Waals surface area contributed by atoms with Crippen molar-refractivity contribution < 1.29 is 14.3 Å². The van der Waals surface area contributed by atoms with E-state index < -0.39 is 0 Å². The minimum absolute atomic E-state index is 0.149. The molecule has 138 valence electrons. The molecule has 5 nitrogen and oxygen atoms in total. The first-order valence-corrected chi connectivity index (χ1v) is 9.62. The monoisotopic (exact) mass is 490 g/mol. The standard InChI is InChI=1S/C20H16Br2N2O3/c1-26-17-5-3-2-4-14(17)11-23-24-19(25)12-27-18-9-6-13-10-15(21)7-8-16(13)20(18)22/h2-11H,12H2,1H3,(H,24,25)/b23-11+. The smallest absolute Gasteiger partial charge is 0.277 e. The number of fused-ring (bicyclic) bond motifs is 1. The molecule has 0 atom stereocenters. The number of amides is 1. The number of methoxy groups -OCH3 is 1. The van der Waals surface area contributed by atoms with Crippen molar-refractivity contribution in [3.05, 3.63) is 69.1 Å². The van der Waals surface area contributed by atoms with Crippen molar-refractivity contribution in [1.82, 2.24) is 5.43 Å². The fraction of sp³-hybridized carbons (Fsp3) is 0.100. The van der Waals surface area contributed by atoms with Crippen LogP contribution in [0.1, 0.15) is 5.56 Å². The lowest BCUT2D eigenvalue weighted by Crippen LogP contribution is -2.24. The van der Waals surface area contributed by atoms with Gasteiger partial charge in [0.1, 0.15) is 11.5 Å². The fourth-order valence-electron chi connectivity index (χ4n) is 2.48. The molecule has 0 saturated heterocycles. The highest BCUT2D eigenvalue weighted by molar-refractivity contribution is 9.11. The van der Waals surface area contributed by atoms with Gasteiger partial charge in [-0.05, 0) is 57.0 Å². The Morgan fingerprint density at radius 2 is 1.93 bits per heavy atom. The molecule has 0 aliphatic rings. The highest BCUT2D eigenvalue weighted by atomic mass is 79.9. The molecule has 0 bridgehead atoms. The maximum absolute atomic E-state index is 12.0. The van der Waals surface area contributed by atoms with Gasteiger partial charge >= 0.3 is 0 Å². The van der Waals surface area contributed by atoms with Gasteiger partial charge in [0.15, 0.2) is 6.61 Å². The van der Waals surface area contributed by atoms with Crippen LogP contribution in [0, 0.1) is 0 Å². The van der Waals surface area contributed by atoms with Gasteiger partial charge < -0.3 is 9.47 Å². The molecule has 7 heteroatoms. The normalized spacial score (nSPS) is 10.9. The third-order valence-electron chi connectivity index (χ3n) is 3.77. The van der Waals surface area contributed by atoms with Crippen molar-refractivity contribution in [3.8, 4) is 11.5 Å². The summed E-state index contributed by atoms with van der Waals surface area (Å²) in [6, 6.07) is 17.1.